The summed E-state index contributed by atoms with van der Waals surface area (Å²) in [5, 5.41) is 3.32. The van der Waals surface area contributed by atoms with E-state index in [0.29, 0.717) is 5.91 Å². The highest BCUT2D eigenvalue weighted by atomic mass is 16.2. The van der Waals surface area contributed by atoms with Gasteiger partial charge < -0.3 is 15.1 Å². The van der Waals surface area contributed by atoms with E-state index in [0.717, 1.165) is 52.1 Å². The first-order chi connectivity index (χ1) is 11.8. The van der Waals surface area contributed by atoms with Crippen molar-refractivity contribution in [2.75, 3.05) is 44.2 Å². The first kappa shape index (κ1) is 20.5. The Bertz CT molecular complexity index is 435. The molecule has 2 saturated heterocycles. The number of hydrogen-bond acceptors (Lipinski definition) is 3. The van der Waals surface area contributed by atoms with Crippen LogP contribution in [0.15, 0.2) is 30.3 Å². The van der Waals surface area contributed by atoms with Crippen molar-refractivity contribution in [3.05, 3.63) is 30.3 Å². The van der Waals surface area contributed by atoms with Crippen LogP contribution in [0.2, 0.25) is 0 Å². The van der Waals surface area contributed by atoms with E-state index in [9.17, 15) is 4.79 Å². The quantitative estimate of drug-likeness (QED) is 0.901. The minimum Gasteiger partial charge on any atom is -0.368 e. The highest BCUT2D eigenvalue weighted by molar-refractivity contribution is 5.79. The van der Waals surface area contributed by atoms with E-state index in [2.05, 4.69) is 39.4 Å². The molecule has 1 aromatic carbocycles. The highest BCUT2D eigenvalue weighted by Gasteiger charge is 2.28. The van der Waals surface area contributed by atoms with Crippen LogP contribution >= 0.6 is 0 Å². The van der Waals surface area contributed by atoms with Gasteiger partial charge in [0.2, 0.25) is 5.91 Å². The molecule has 1 aromatic rings. The molecule has 1 N–H and O–H groups in total. The molecule has 2 aliphatic rings. The van der Waals surface area contributed by atoms with E-state index in [1.165, 1.54) is 5.69 Å². The molecule has 1 amide bonds. The Morgan fingerprint density at radius 2 is 1.46 bits per heavy atom. The lowest BCUT2D eigenvalue weighted by Gasteiger charge is -2.38. The third-order valence-electron chi connectivity index (χ3n) is 4.40. The van der Waals surface area contributed by atoms with Crippen LogP contribution in [-0.4, -0.2) is 50.1 Å². The molecule has 4 heteroatoms. The molecule has 0 unspecified atom stereocenters. The number of piperidine rings is 1. The lowest BCUT2D eigenvalue weighted by molar-refractivity contribution is -0.136. The van der Waals surface area contributed by atoms with Gasteiger partial charge >= 0.3 is 0 Å². The second-order valence-corrected chi connectivity index (χ2v) is 5.67. The van der Waals surface area contributed by atoms with Crippen LogP contribution in [0.1, 0.15) is 40.5 Å². The number of carbonyl (C=O) groups excluding carboxylic acids is 1. The summed E-state index contributed by atoms with van der Waals surface area (Å²) in [5.74, 6) is 0.624. The van der Waals surface area contributed by atoms with Gasteiger partial charge in [-0.25, -0.2) is 0 Å². The minimum absolute atomic E-state index is 0.250. The number of nitrogens with zero attached hydrogens (tertiary/aromatic N) is 2. The maximum Gasteiger partial charge on any atom is 0.225 e. The standard InChI is InChI=1S/C16H23N3O.2C2H6/c20-16(14-6-8-17-9-7-14)19-12-10-18(11-13-19)15-4-2-1-3-5-15;2*1-2/h1-5,14,17H,6-13H2;2*1-2H3. The zero-order chi connectivity index (χ0) is 17.8. The molecular weight excluding hydrogens is 298 g/mol. The molecule has 0 radical (unpaired) electrons. The number of para-hydroxylation sites is 1. The Kier molecular flexibility index (Phi) is 10.2. The van der Waals surface area contributed by atoms with Gasteiger partial charge in [-0.05, 0) is 38.1 Å². The molecular formula is C20H35N3O. The van der Waals surface area contributed by atoms with Crippen LogP contribution in [-0.2, 0) is 4.79 Å². The van der Waals surface area contributed by atoms with Gasteiger partial charge in [0.25, 0.3) is 0 Å². The molecule has 0 atom stereocenters. The van der Waals surface area contributed by atoms with Gasteiger partial charge in [-0.3, -0.25) is 4.79 Å². The van der Waals surface area contributed by atoms with Crippen LogP contribution < -0.4 is 10.2 Å². The van der Waals surface area contributed by atoms with Crippen LogP contribution in [0.25, 0.3) is 0 Å². The van der Waals surface area contributed by atoms with Crippen molar-refractivity contribution in [1.29, 1.82) is 0 Å². The Balaban J connectivity index is 0.000000671. The molecule has 0 aromatic heterocycles. The zero-order valence-electron chi connectivity index (χ0n) is 15.9. The molecule has 2 heterocycles. The number of amides is 1. The number of rotatable bonds is 2. The van der Waals surface area contributed by atoms with Crippen molar-refractivity contribution in [3.8, 4) is 0 Å². The lowest BCUT2D eigenvalue weighted by atomic mass is 9.96. The number of hydrogen-bond donors (Lipinski definition) is 1. The van der Waals surface area contributed by atoms with Crippen molar-refractivity contribution in [2.45, 2.75) is 40.5 Å². The van der Waals surface area contributed by atoms with E-state index in [1.807, 2.05) is 33.8 Å². The summed E-state index contributed by atoms with van der Waals surface area (Å²) in [6.07, 6.45) is 2.00. The van der Waals surface area contributed by atoms with Crippen LogP contribution in [0, 0.1) is 5.92 Å². The van der Waals surface area contributed by atoms with Crippen molar-refractivity contribution in [3.63, 3.8) is 0 Å². The van der Waals surface area contributed by atoms with Gasteiger partial charge in [-0.15, -0.1) is 0 Å². The summed E-state index contributed by atoms with van der Waals surface area (Å²) < 4.78 is 0. The SMILES string of the molecule is CC.CC.O=C(C1CCNCC1)N1CCN(c2ccccc2)CC1. The van der Waals surface area contributed by atoms with Crippen molar-refractivity contribution in [2.24, 2.45) is 5.92 Å². The second-order valence-electron chi connectivity index (χ2n) is 5.67. The number of nitrogens with one attached hydrogen (secondary N) is 1. The van der Waals surface area contributed by atoms with Gasteiger partial charge in [0.05, 0.1) is 0 Å². The molecule has 4 nitrogen and oxygen atoms in total. The first-order valence-electron chi connectivity index (χ1n) is 9.64. The fourth-order valence-electron chi connectivity index (χ4n) is 3.15. The minimum atomic E-state index is 0.250. The molecule has 2 fully saturated rings. The summed E-state index contributed by atoms with van der Waals surface area (Å²) in [6.45, 7) is 13.6. The van der Waals surface area contributed by atoms with Crippen LogP contribution in [0.3, 0.4) is 0 Å². The average Bonchev–Trinajstić information content (AvgIpc) is 2.72. The number of anilines is 1. The number of piperazine rings is 1. The Hall–Kier alpha value is -1.55. The van der Waals surface area contributed by atoms with Gasteiger partial charge in [0, 0.05) is 37.8 Å². The average molecular weight is 334 g/mol. The summed E-state index contributed by atoms with van der Waals surface area (Å²) >= 11 is 0. The van der Waals surface area contributed by atoms with Gasteiger partial charge in [-0.1, -0.05) is 45.9 Å². The fourth-order valence-corrected chi connectivity index (χ4v) is 3.15. The van der Waals surface area contributed by atoms with E-state index in [-0.39, 0.29) is 5.92 Å². The summed E-state index contributed by atoms with van der Waals surface area (Å²) in [5.41, 5.74) is 1.27. The normalized spacial score (nSPS) is 18.0. The molecule has 136 valence electrons. The van der Waals surface area contributed by atoms with Gasteiger partial charge in [-0.2, -0.15) is 0 Å². The molecule has 0 aliphatic carbocycles. The Labute approximate surface area is 148 Å². The van der Waals surface area contributed by atoms with Crippen molar-refractivity contribution in [1.82, 2.24) is 10.2 Å². The topological polar surface area (TPSA) is 35.6 Å². The van der Waals surface area contributed by atoms with E-state index in [4.69, 9.17) is 0 Å². The molecule has 2 aliphatic heterocycles. The molecule has 0 spiro atoms. The maximum absolute atomic E-state index is 12.5. The Morgan fingerprint density at radius 1 is 0.917 bits per heavy atom. The van der Waals surface area contributed by atoms with Crippen molar-refractivity contribution < 1.29 is 4.79 Å². The smallest absolute Gasteiger partial charge is 0.225 e. The molecule has 0 saturated carbocycles. The van der Waals surface area contributed by atoms with Gasteiger partial charge in [0.15, 0.2) is 0 Å². The summed E-state index contributed by atoms with van der Waals surface area (Å²) in [7, 11) is 0. The fraction of sp³-hybridized carbons (Fsp3) is 0.650. The molecule has 3 rings (SSSR count). The maximum atomic E-state index is 12.5. The first-order valence-corrected chi connectivity index (χ1v) is 9.64. The predicted octanol–water partition coefficient (Wildman–Crippen LogP) is 3.39. The lowest BCUT2D eigenvalue weighted by Crippen LogP contribution is -2.51. The van der Waals surface area contributed by atoms with E-state index < -0.39 is 0 Å². The van der Waals surface area contributed by atoms with Crippen molar-refractivity contribution >= 4 is 11.6 Å². The third kappa shape index (κ3) is 5.82. The largest absolute Gasteiger partial charge is 0.368 e. The second kappa shape index (κ2) is 11.9. The van der Waals surface area contributed by atoms with Gasteiger partial charge in [0.1, 0.15) is 0 Å². The van der Waals surface area contributed by atoms with E-state index in [1.54, 1.807) is 0 Å². The van der Waals surface area contributed by atoms with E-state index >= 15 is 0 Å². The summed E-state index contributed by atoms with van der Waals surface area (Å²) in [4.78, 5) is 16.9. The number of benzene rings is 1. The molecule has 0 bridgehead atoms. The van der Waals surface area contributed by atoms with Crippen LogP contribution in [0.5, 0.6) is 0 Å². The zero-order valence-corrected chi connectivity index (χ0v) is 15.9. The monoisotopic (exact) mass is 333 g/mol. The summed E-state index contributed by atoms with van der Waals surface area (Å²) in [6, 6.07) is 10.5. The number of carbonyl (C=O) groups is 1. The van der Waals surface area contributed by atoms with Crippen LogP contribution in [0.4, 0.5) is 5.69 Å². The predicted molar refractivity (Wildman–Crippen MR) is 104 cm³/mol. The molecule has 24 heavy (non-hydrogen) atoms. The highest BCUT2D eigenvalue weighted by Crippen LogP contribution is 2.19. The third-order valence-corrected chi connectivity index (χ3v) is 4.40. The Morgan fingerprint density at radius 3 is 2.00 bits per heavy atom.